The van der Waals surface area contributed by atoms with Gasteiger partial charge in [-0.3, -0.25) is 15.3 Å². The molecular formula is C28H20Cl2N4O2. The van der Waals surface area contributed by atoms with Gasteiger partial charge in [-0.15, -0.1) is 0 Å². The largest absolute Gasteiger partial charge is 0.449 e. The number of carbonyl (C=O) groups is 1. The van der Waals surface area contributed by atoms with Crippen molar-refractivity contribution in [1.82, 2.24) is 9.97 Å². The zero-order chi connectivity index (χ0) is 25.1. The van der Waals surface area contributed by atoms with Crippen molar-refractivity contribution in [2.24, 2.45) is 0 Å². The Labute approximate surface area is 218 Å². The number of rotatable bonds is 5. The highest BCUT2D eigenvalue weighted by Gasteiger charge is 2.30. The Morgan fingerprint density at radius 1 is 1.08 bits per heavy atom. The molecule has 2 aromatic heterocycles. The average molecular weight is 515 g/mol. The maximum absolute atomic E-state index is 12.5. The number of nitrogens with zero attached hydrogens (tertiary/aromatic N) is 3. The monoisotopic (exact) mass is 514 g/mol. The molecule has 4 aromatic rings. The van der Waals surface area contributed by atoms with Crippen LogP contribution in [0.15, 0.2) is 73.1 Å². The number of halogens is 2. The van der Waals surface area contributed by atoms with Gasteiger partial charge in [-0.1, -0.05) is 59.6 Å². The Hall–Kier alpha value is -3.92. The van der Waals surface area contributed by atoms with E-state index in [1.54, 1.807) is 18.5 Å². The van der Waals surface area contributed by atoms with Gasteiger partial charge in [0.2, 0.25) is 5.69 Å². The van der Waals surface area contributed by atoms with Gasteiger partial charge in [-0.2, -0.15) is 0 Å². The second-order valence-electron chi connectivity index (χ2n) is 8.32. The van der Waals surface area contributed by atoms with Crippen molar-refractivity contribution >= 4 is 40.8 Å². The summed E-state index contributed by atoms with van der Waals surface area (Å²) in [5, 5.41) is 3.65. The fraction of sp³-hybridized carbons (Fsp3) is 0.143. The Balaban J connectivity index is 1.42. The van der Waals surface area contributed by atoms with E-state index in [4.69, 9.17) is 34.5 Å². The Morgan fingerprint density at radius 3 is 2.69 bits per heavy atom. The van der Waals surface area contributed by atoms with Gasteiger partial charge < -0.3 is 4.74 Å². The van der Waals surface area contributed by atoms with E-state index in [0.29, 0.717) is 22.9 Å². The smallest absolute Gasteiger partial charge is 0.411 e. The number of fused-ring (bicyclic) bond motifs is 3. The summed E-state index contributed by atoms with van der Waals surface area (Å²) in [4.78, 5) is 24.8. The predicted molar refractivity (Wildman–Crippen MR) is 141 cm³/mol. The number of aromatic nitrogens is 2. The molecule has 178 valence electrons. The van der Waals surface area contributed by atoms with Crippen molar-refractivity contribution in [3.8, 4) is 11.1 Å². The van der Waals surface area contributed by atoms with Gasteiger partial charge in [-0.05, 0) is 58.5 Å². The first kappa shape index (κ1) is 23.8. The number of pyridine rings is 2. The Morgan fingerprint density at radius 2 is 1.92 bits per heavy atom. The lowest BCUT2D eigenvalue weighted by Crippen LogP contribution is -2.18. The molecule has 2 heterocycles. The molecule has 0 fully saturated rings. The molecule has 1 aliphatic carbocycles. The van der Waals surface area contributed by atoms with E-state index in [1.165, 1.54) is 0 Å². The van der Waals surface area contributed by atoms with E-state index in [0.717, 1.165) is 33.5 Å². The van der Waals surface area contributed by atoms with Gasteiger partial charge in [0.15, 0.2) is 0 Å². The van der Waals surface area contributed by atoms with Gasteiger partial charge in [0.05, 0.1) is 23.2 Å². The molecule has 0 radical (unpaired) electrons. The number of hydrogen-bond donors (Lipinski definition) is 1. The van der Waals surface area contributed by atoms with Gasteiger partial charge in [-0.25, -0.2) is 9.64 Å². The number of benzene rings is 2. The van der Waals surface area contributed by atoms with Gasteiger partial charge in [0, 0.05) is 30.4 Å². The number of carbonyl (C=O) groups excluding carboxylic acids is 1. The molecule has 1 atom stereocenters. The van der Waals surface area contributed by atoms with E-state index < -0.39 is 6.09 Å². The van der Waals surface area contributed by atoms with Crippen LogP contribution in [0.1, 0.15) is 28.3 Å². The third-order valence-electron chi connectivity index (χ3n) is 6.16. The molecule has 5 rings (SSSR count). The summed E-state index contributed by atoms with van der Waals surface area (Å²) in [6.45, 7) is 8.04. The first-order chi connectivity index (χ1) is 17.5. The molecule has 8 heteroatoms. The lowest BCUT2D eigenvalue weighted by Gasteiger charge is -2.29. The van der Waals surface area contributed by atoms with Gasteiger partial charge >= 0.3 is 6.09 Å². The first-order valence-electron chi connectivity index (χ1n) is 11.3. The third-order valence-corrected chi connectivity index (χ3v) is 6.90. The summed E-state index contributed by atoms with van der Waals surface area (Å²) in [5.41, 5.74) is 5.84. The van der Waals surface area contributed by atoms with Crippen LogP contribution < -0.4 is 5.32 Å². The lowest BCUT2D eigenvalue weighted by molar-refractivity contribution is 0.162. The third kappa shape index (κ3) is 4.76. The maximum atomic E-state index is 12.5. The second-order valence-corrected chi connectivity index (χ2v) is 9.13. The SMILES string of the molecule is [C-]#[N+]c1c(NC(=O)OCCc2ccccn2)ncc2c1-c1ccccc1C(c1ccc(Cl)c(Cl)c1)C2. The van der Waals surface area contributed by atoms with Crippen molar-refractivity contribution in [3.63, 3.8) is 0 Å². The topological polar surface area (TPSA) is 68.5 Å². The van der Waals surface area contributed by atoms with Crippen LogP contribution in [0.3, 0.4) is 0 Å². The number of ether oxygens (including phenoxy) is 1. The summed E-state index contributed by atoms with van der Waals surface area (Å²) in [6, 6.07) is 19.2. The van der Waals surface area contributed by atoms with E-state index in [9.17, 15) is 4.79 Å². The number of amides is 1. The van der Waals surface area contributed by atoms with E-state index in [2.05, 4.69) is 26.2 Å². The molecule has 1 N–H and O–H groups in total. The minimum Gasteiger partial charge on any atom is -0.449 e. The molecule has 1 aliphatic rings. The Bertz CT molecular complexity index is 1490. The van der Waals surface area contributed by atoms with Crippen LogP contribution in [-0.4, -0.2) is 22.7 Å². The van der Waals surface area contributed by atoms with Crippen LogP contribution in [0.2, 0.25) is 10.0 Å². The zero-order valence-electron chi connectivity index (χ0n) is 19.0. The molecule has 0 bridgehead atoms. The van der Waals surface area contributed by atoms with Crippen LogP contribution in [-0.2, 0) is 17.6 Å². The summed E-state index contributed by atoms with van der Waals surface area (Å²) in [7, 11) is 0. The van der Waals surface area contributed by atoms with E-state index in [-0.39, 0.29) is 24.0 Å². The standard InChI is InChI=1S/C28H20Cl2N4O2/c1-31-26-25-18(16-33-27(26)34-28(35)36-13-11-19-6-4-5-12-32-19)14-22(20-7-2-3-8-21(20)25)17-9-10-23(29)24(30)15-17/h2-10,12,15-16,22H,11,13-14H2,(H,33,34,35). The van der Waals surface area contributed by atoms with E-state index >= 15 is 0 Å². The van der Waals surface area contributed by atoms with Crippen LogP contribution in [0.4, 0.5) is 16.3 Å². The van der Waals surface area contributed by atoms with Gasteiger partial charge in [0.25, 0.3) is 0 Å². The number of nitrogens with one attached hydrogen (secondary N) is 1. The van der Waals surface area contributed by atoms with Crippen molar-refractivity contribution in [1.29, 1.82) is 0 Å². The molecule has 2 aromatic carbocycles. The van der Waals surface area contributed by atoms with Crippen molar-refractivity contribution < 1.29 is 9.53 Å². The molecular weight excluding hydrogens is 495 g/mol. The Kier molecular flexibility index (Phi) is 6.86. The molecule has 1 amide bonds. The fourth-order valence-corrected chi connectivity index (χ4v) is 4.81. The van der Waals surface area contributed by atoms with Crippen molar-refractivity contribution in [2.75, 3.05) is 11.9 Å². The summed E-state index contributed by atoms with van der Waals surface area (Å²) in [5.74, 6) is 0.202. The minimum atomic E-state index is -0.666. The maximum Gasteiger partial charge on any atom is 0.411 e. The summed E-state index contributed by atoms with van der Waals surface area (Å²) in [6.07, 6.45) is 3.87. The molecule has 0 aliphatic heterocycles. The molecule has 6 nitrogen and oxygen atoms in total. The first-order valence-corrected chi connectivity index (χ1v) is 12.1. The number of hydrogen-bond acceptors (Lipinski definition) is 4. The summed E-state index contributed by atoms with van der Waals surface area (Å²) < 4.78 is 5.30. The van der Waals surface area contributed by atoms with Crippen LogP contribution in [0.5, 0.6) is 0 Å². The minimum absolute atomic E-state index is 0.0271. The van der Waals surface area contributed by atoms with Crippen LogP contribution >= 0.6 is 23.2 Å². The van der Waals surface area contributed by atoms with Crippen LogP contribution in [0, 0.1) is 6.57 Å². The number of anilines is 1. The molecule has 36 heavy (non-hydrogen) atoms. The predicted octanol–water partition coefficient (Wildman–Crippen LogP) is 7.48. The zero-order valence-corrected chi connectivity index (χ0v) is 20.6. The van der Waals surface area contributed by atoms with Crippen LogP contribution in [0.25, 0.3) is 16.0 Å². The summed E-state index contributed by atoms with van der Waals surface area (Å²) >= 11 is 12.4. The quantitative estimate of drug-likeness (QED) is 0.280. The highest BCUT2D eigenvalue weighted by molar-refractivity contribution is 6.42. The molecule has 0 spiro atoms. The van der Waals surface area contributed by atoms with Gasteiger partial charge in [0.1, 0.15) is 5.82 Å². The second kappa shape index (κ2) is 10.4. The highest BCUT2D eigenvalue weighted by atomic mass is 35.5. The van der Waals surface area contributed by atoms with E-state index in [1.807, 2.05) is 48.5 Å². The fourth-order valence-electron chi connectivity index (χ4n) is 4.51. The van der Waals surface area contributed by atoms with Crippen molar-refractivity contribution in [3.05, 3.63) is 117 Å². The molecule has 1 unspecified atom stereocenters. The molecule has 0 saturated carbocycles. The highest BCUT2D eigenvalue weighted by Crippen LogP contribution is 2.48. The average Bonchev–Trinajstić information content (AvgIpc) is 2.90. The lowest BCUT2D eigenvalue weighted by atomic mass is 9.76. The molecule has 0 saturated heterocycles. The normalized spacial score (nSPS) is 13.8. The van der Waals surface area contributed by atoms with Crippen molar-refractivity contribution in [2.45, 2.75) is 18.8 Å².